The summed E-state index contributed by atoms with van der Waals surface area (Å²) in [6.45, 7) is 10.7. The van der Waals surface area contributed by atoms with Crippen LogP contribution in [0.4, 0.5) is 0 Å². The Bertz CT molecular complexity index is 207. The smallest absolute Gasteiger partial charge is 0.203 e. The second kappa shape index (κ2) is 8.84. The Balaban J connectivity index is 4.91. The van der Waals surface area contributed by atoms with Crippen LogP contribution in [0.15, 0.2) is 0 Å². The van der Waals surface area contributed by atoms with Gasteiger partial charge in [0.1, 0.15) is 0 Å². The molecule has 0 radical (unpaired) electrons. The van der Waals surface area contributed by atoms with E-state index in [1.165, 1.54) is 0 Å². The molecule has 0 saturated heterocycles. The molecule has 0 saturated carbocycles. The molecule has 0 atom stereocenters. The molecule has 0 N–H and O–H groups in total. The molecule has 0 aliphatic rings. The predicted molar refractivity (Wildman–Crippen MR) is 76.8 cm³/mol. The second-order valence-electron chi connectivity index (χ2n) is 3.29. The van der Waals surface area contributed by atoms with Gasteiger partial charge in [-0.2, -0.15) is 0 Å². The molecule has 0 spiro atoms. The summed E-state index contributed by atoms with van der Waals surface area (Å²) in [5.74, 6) is 0.501. The van der Waals surface area contributed by atoms with Gasteiger partial charge < -0.3 is 4.52 Å². The maximum atomic E-state index is 5.91. The number of halogens is 1. The highest BCUT2D eigenvalue weighted by Gasteiger charge is 2.30. The summed E-state index contributed by atoms with van der Waals surface area (Å²) in [4.78, 5) is 0. The molecular weight excluding hydrogens is 263 g/mol. The Morgan fingerprint density at radius 1 is 1.00 bits per heavy atom. The van der Waals surface area contributed by atoms with Crippen LogP contribution in [0.25, 0.3) is 0 Å². The zero-order valence-corrected chi connectivity index (χ0v) is 13.2. The Hall–Kier alpha value is 0.820. The first-order chi connectivity index (χ1) is 7.60. The average molecular weight is 287 g/mol. The molecule has 0 aromatic heterocycles. The summed E-state index contributed by atoms with van der Waals surface area (Å²) in [6, 6.07) is 0. The molecule has 0 heterocycles. The SMILES string of the molecule is CCN(CC)P(=S)(OCCCl)N(CC)CC. The van der Waals surface area contributed by atoms with Gasteiger partial charge in [0.15, 0.2) is 0 Å². The van der Waals surface area contributed by atoms with Gasteiger partial charge in [0.05, 0.1) is 6.61 Å². The van der Waals surface area contributed by atoms with Crippen molar-refractivity contribution < 1.29 is 4.52 Å². The van der Waals surface area contributed by atoms with Gasteiger partial charge in [0, 0.05) is 32.1 Å². The summed E-state index contributed by atoms with van der Waals surface area (Å²) >= 11 is 11.5. The summed E-state index contributed by atoms with van der Waals surface area (Å²) in [5.41, 5.74) is 0. The lowest BCUT2D eigenvalue weighted by Gasteiger charge is -2.40. The lowest BCUT2D eigenvalue weighted by molar-refractivity contribution is 0.276. The highest BCUT2D eigenvalue weighted by atomic mass is 35.5. The van der Waals surface area contributed by atoms with Gasteiger partial charge in [0.25, 0.3) is 0 Å². The predicted octanol–water partition coefficient (Wildman–Crippen LogP) is 3.15. The van der Waals surface area contributed by atoms with Crippen LogP contribution in [-0.2, 0) is 16.3 Å². The van der Waals surface area contributed by atoms with Crippen LogP contribution < -0.4 is 0 Å². The number of nitrogens with zero attached hydrogens (tertiary/aromatic N) is 2. The third kappa shape index (κ3) is 4.25. The van der Waals surface area contributed by atoms with Crippen LogP contribution in [0.2, 0.25) is 0 Å². The van der Waals surface area contributed by atoms with Crippen molar-refractivity contribution in [2.45, 2.75) is 27.7 Å². The number of rotatable bonds is 9. The van der Waals surface area contributed by atoms with Crippen molar-refractivity contribution in [1.29, 1.82) is 0 Å². The molecule has 0 amide bonds. The maximum absolute atomic E-state index is 5.91. The van der Waals surface area contributed by atoms with Crippen LogP contribution in [0.5, 0.6) is 0 Å². The van der Waals surface area contributed by atoms with Gasteiger partial charge in [-0.3, -0.25) is 0 Å². The molecule has 0 aliphatic carbocycles. The third-order valence-electron chi connectivity index (χ3n) is 2.51. The van der Waals surface area contributed by atoms with Crippen molar-refractivity contribution in [3.05, 3.63) is 0 Å². The number of hydrogen-bond acceptors (Lipinski definition) is 2. The summed E-state index contributed by atoms with van der Waals surface area (Å²) in [7, 11) is 0. The molecule has 0 unspecified atom stereocenters. The molecule has 98 valence electrons. The zero-order valence-electron chi connectivity index (χ0n) is 10.8. The van der Waals surface area contributed by atoms with Gasteiger partial charge in [-0.1, -0.05) is 27.7 Å². The summed E-state index contributed by atoms with van der Waals surface area (Å²) in [6.07, 6.45) is 0. The van der Waals surface area contributed by atoms with Crippen LogP contribution in [0.3, 0.4) is 0 Å². The molecule has 0 fully saturated rings. The Kier molecular flexibility index (Phi) is 9.30. The van der Waals surface area contributed by atoms with E-state index in [1.54, 1.807) is 0 Å². The number of hydrogen-bond donors (Lipinski definition) is 0. The van der Waals surface area contributed by atoms with Crippen LogP contribution in [0.1, 0.15) is 27.7 Å². The first-order valence-electron chi connectivity index (χ1n) is 5.91. The Labute approximate surface area is 110 Å². The fourth-order valence-electron chi connectivity index (χ4n) is 1.66. The van der Waals surface area contributed by atoms with E-state index in [0.717, 1.165) is 26.2 Å². The van der Waals surface area contributed by atoms with Crippen LogP contribution in [-0.4, -0.2) is 48.0 Å². The van der Waals surface area contributed by atoms with Gasteiger partial charge in [-0.15, -0.1) is 11.6 Å². The molecule has 0 rings (SSSR count). The minimum absolute atomic E-state index is 0.501. The largest absolute Gasteiger partial charge is 0.325 e. The average Bonchev–Trinajstić information content (AvgIpc) is 2.29. The summed E-state index contributed by atoms with van der Waals surface area (Å²) in [5, 5.41) is 0. The highest BCUT2D eigenvalue weighted by molar-refractivity contribution is 8.09. The fraction of sp³-hybridized carbons (Fsp3) is 1.00. The topological polar surface area (TPSA) is 15.7 Å². The van der Waals surface area contributed by atoms with E-state index in [4.69, 9.17) is 27.9 Å². The Morgan fingerprint density at radius 2 is 1.38 bits per heavy atom. The lowest BCUT2D eigenvalue weighted by Crippen LogP contribution is -2.33. The van der Waals surface area contributed by atoms with Crippen molar-refractivity contribution in [2.24, 2.45) is 0 Å². The molecule has 0 bridgehead atoms. The van der Waals surface area contributed by atoms with Gasteiger partial charge >= 0.3 is 0 Å². The van der Waals surface area contributed by atoms with E-state index < -0.39 is 6.57 Å². The van der Waals surface area contributed by atoms with E-state index in [2.05, 4.69) is 37.0 Å². The van der Waals surface area contributed by atoms with Crippen molar-refractivity contribution in [2.75, 3.05) is 38.7 Å². The minimum Gasteiger partial charge on any atom is -0.325 e. The van der Waals surface area contributed by atoms with Gasteiger partial charge in [-0.25, -0.2) is 9.34 Å². The third-order valence-corrected chi connectivity index (χ3v) is 7.45. The Morgan fingerprint density at radius 3 is 1.62 bits per heavy atom. The molecule has 6 heteroatoms. The van der Waals surface area contributed by atoms with Crippen molar-refractivity contribution in [3.63, 3.8) is 0 Å². The van der Waals surface area contributed by atoms with E-state index in [-0.39, 0.29) is 0 Å². The quantitative estimate of drug-likeness (QED) is 0.478. The molecule has 16 heavy (non-hydrogen) atoms. The normalized spacial score (nSPS) is 12.7. The second-order valence-corrected chi connectivity index (χ2v) is 7.47. The van der Waals surface area contributed by atoms with Crippen molar-refractivity contribution >= 4 is 30.0 Å². The maximum Gasteiger partial charge on any atom is 0.203 e. The van der Waals surface area contributed by atoms with E-state index in [0.29, 0.717) is 12.5 Å². The standard InChI is InChI=1S/C10H24ClN2OPS/c1-5-12(6-2)15(16,14-10-9-11)13(7-3)8-4/h5-10H2,1-4H3. The molecule has 3 nitrogen and oxygen atoms in total. The van der Waals surface area contributed by atoms with Crippen molar-refractivity contribution in [3.8, 4) is 0 Å². The van der Waals surface area contributed by atoms with Crippen molar-refractivity contribution in [1.82, 2.24) is 9.34 Å². The minimum atomic E-state index is -2.04. The fourth-order valence-corrected chi connectivity index (χ4v) is 5.89. The monoisotopic (exact) mass is 286 g/mol. The van der Waals surface area contributed by atoms with Crippen LogP contribution >= 0.6 is 18.2 Å². The molecule has 0 aromatic carbocycles. The molecule has 0 aliphatic heterocycles. The van der Waals surface area contributed by atoms with E-state index in [1.807, 2.05) is 0 Å². The first kappa shape index (κ1) is 16.8. The lowest BCUT2D eigenvalue weighted by atomic mass is 10.7. The van der Waals surface area contributed by atoms with Crippen LogP contribution in [0, 0.1) is 0 Å². The van der Waals surface area contributed by atoms with E-state index >= 15 is 0 Å². The highest BCUT2D eigenvalue weighted by Crippen LogP contribution is 2.54. The molecular formula is C10H24ClN2OPS. The van der Waals surface area contributed by atoms with Gasteiger partial charge in [-0.05, 0) is 11.8 Å². The first-order valence-corrected chi connectivity index (χ1v) is 9.07. The van der Waals surface area contributed by atoms with Gasteiger partial charge in [0.2, 0.25) is 6.57 Å². The zero-order chi connectivity index (χ0) is 12.6. The summed E-state index contributed by atoms with van der Waals surface area (Å²) < 4.78 is 10.4. The van der Waals surface area contributed by atoms with E-state index in [9.17, 15) is 0 Å². The molecule has 0 aromatic rings. The number of alkyl halides is 1.